The van der Waals surface area contributed by atoms with Crippen molar-refractivity contribution in [1.82, 2.24) is 0 Å². The second kappa shape index (κ2) is 9.86. The summed E-state index contributed by atoms with van der Waals surface area (Å²) in [7, 11) is 1.14. The maximum atomic E-state index is 11.7. The number of hydrogen-bond donors (Lipinski definition) is 0. The van der Waals surface area contributed by atoms with Crippen LogP contribution < -0.4 is 0 Å². The average molecular weight is 390 g/mol. The number of rotatable bonds is 6. The molecule has 0 aromatic rings. The van der Waals surface area contributed by atoms with E-state index >= 15 is 0 Å². The summed E-state index contributed by atoms with van der Waals surface area (Å²) in [4.78, 5) is 57.6. The Labute approximate surface area is 155 Å². The standard InChI is InChI=1S/C16H22O11/c1-7(17)23-13-11(6-12(21)22-5)27-16(26-10(4)20)15(25-9(3)19)14(13)24-8(2)18/h11,13-16H,6H2,1-5H3/t11-,13-,14+,15-,16?/m1/s1. The third-order valence-electron chi connectivity index (χ3n) is 3.37. The molecule has 27 heavy (non-hydrogen) atoms. The lowest BCUT2D eigenvalue weighted by atomic mass is 9.96. The van der Waals surface area contributed by atoms with E-state index in [2.05, 4.69) is 4.74 Å². The van der Waals surface area contributed by atoms with Crippen LogP contribution in [0.4, 0.5) is 0 Å². The fourth-order valence-electron chi connectivity index (χ4n) is 2.53. The minimum absolute atomic E-state index is 0.406. The summed E-state index contributed by atoms with van der Waals surface area (Å²) in [5, 5.41) is 0. The van der Waals surface area contributed by atoms with Crippen LogP contribution in [-0.2, 0) is 52.4 Å². The van der Waals surface area contributed by atoms with Gasteiger partial charge in [0.05, 0.1) is 13.5 Å². The van der Waals surface area contributed by atoms with Crippen molar-refractivity contribution < 1.29 is 52.4 Å². The summed E-state index contributed by atoms with van der Waals surface area (Å²) >= 11 is 0. The Morgan fingerprint density at radius 1 is 0.704 bits per heavy atom. The highest BCUT2D eigenvalue weighted by Gasteiger charge is 2.53. The maximum absolute atomic E-state index is 11.7. The molecule has 0 aromatic heterocycles. The van der Waals surface area contributed by atoms with Crippen LogP contribution in [0, 0.1) is 0 Å². The summed E-state index contributed by atoms with van der Waals surface area (Å²) in [5.41, 5.74) is 0. The van der Waals surface area contributed by atoms with E-state index in [1.165, 1.54) is 0 Å². The first-order chi connectivity index (χ1) is 12.5. The number of methoxy groups -OCH3 is 1. The highest BCUT2D eigenvalue weighted by molar-refractivity contribution is 5.71. The molecule has 1 heterocycles. The third-order valence-corrected chi connectivity index (χ3v) is 3.37. The zero-order valence-corrected chi connectivity index (χ0v) is 15.6. The first kappa shape index (κ1) is 22.4. The van der Waals surface area contributed by atoms with E-state index in [-0.39, 0.29) is 0 Å². The van der Waals surface area contributed by atoms with E-state index in [4.69, 9.17) is 23.7 Å². The monoisotopic (exact) mass is 390 g/mol. The highest BCUT2D eigenvalue weighted by atomic mass is 16.7. The normalized spacial score (nSPS) is 27.1. The molecule has 1 fully saturated rings. The van der Waals surface area contributed by atoms with Gasteiger partial charge in [-0.3, -0.25) is 24.0 Å². The number of carbonyl (C=O) groups excluding carboxylic acids is 5. The molecule has 1 aliphatic rings. The van der Waals surface area contributed by atoms with Gasteiger partial charge in [0.25, 0.3) is 0 Å². The summed E-state index contributed by atoms with van der Waals surface area (Å²) in [6, 6.07) is 0. The largest absolute Gasteiger partial charge is 0.469 e. The van der Waals surface area contributed by atoms with Crippen LogP contribution in [-0.4, -0.2) is 67.7 Å². The number of esters is 5. The molecule has 5 atom stereocenters. The van der Waals surface area contributed by atoms with Crippen LogP contribution in [0.5, 0.6) is 0 Å². The van der Waals surface area contributed by atoms with Gasteiger partial charge in [0, 0.05) is 27.7 Å². The zero-order chi connectivity index (χ0) is 20.7. The van der Waals surface area contributed by atoms with E-state index < -0.39 is 67.0 Å². The lowest BCUT2D eigenvalue weighted by Crippen LogP contribution is -2.62. The van der Waals surface area contributed by atoms with Gasteiger partial charge < -0.3 is 28.4 Å². The van der Waals surface area contributed by atoms with Crippen molar-refractivity contribution in [1.29, 1.82) is 0 Å². The molecular formula is C16H22O11. The third kappa shape index (κ3) is 6.85. The lowest BCUT2D eigenvalue weighted by molar-refractivity contribution is -0.296. The van der Waals surface area contributed by atoms with E-state index in [1.54, 1.807) is 0 Å². The molecule has 152 valence electrons. The highest BCUT2D eigenvalue weighted by Crippen LogP contribution is 2.31. The molecule has 0 spiro atoms. The predicted octanol–water partition coefficient (Wildman–Crippen LogP) is -0.367. The molecule has 1 aliphatic heterocycles. The number of hydrogen-bond acceptors (Lipinski definition) is 11. The lowest BCUT2D eigenvalue weighted by Gasteiger charge is -2.43. The van der Waals surface area contributed by atoms with Gasteiger partial charge in [-0.25, -0.2) is 0 Å². The summed E-state index contributed by atoms with van der Waals surface area (Å²) in [6.07, 6.45) is -7.23. The minimum atomic E-state index is -1.50. The van der Waals surface area contributed by atoms with Crippen LogP contribution in [0.15, 0.2) is 0 Å². The summed E-state index contributed by atoms with van der Waals surface area (Å²) in [6.45, 7) is 4.35. The maximum Gasteiger partial charge on any atom is 0.308 e. The van der Waals surface area contributed by atoms with Gasteiger partial charge in [-0.1, -0.05) is 0 Å². The number of ether oxygens (including phenoxy) is 6. The minimum Gasteiger partial charge on any atom is -0.469 e. The van der Waals surface area contributed by atoms with Crippen molar-refractivity contribution in [2.75, 3.05) is 7.11 Å². The fraction of sp³-hybridized carbons (Fsp3) is 0.688. The van der Waals surface area contributed by atoms with E-state index in [1.807, 2.05) is 0 Å². The first-order valence-corrected chi connectivity index (χ1v) is 7.96. The van der Waals surface area contributed by atoms with Gasteiger partial charge >= 0.3 is 29.8 Å². The van der Waals surface area contributed by atoms with Gasteiger partial charge in [-0.2, -0.15) is 0 Å². The molecule has 0 aromatic carbocycles. The molecule has 0 aliphatic carbocycles. The molecule has 1 saturated heterocycles. The van der Waals surface area contributed by atoms with Crippen molar-refractivity contribution in [2.45, 2.75) is 64.8 Å². The molecule has 0 radical (unpaired) electrons. The smallest absolute Gasteiger partial charge is 0.308 e. The molecule has 0 N–H and O–H groups in total. The second-order valence-electron chi connectivity index (χ2n) is 5.65. The molecular weight excluding hydrogens is 368 g/mol. The van der Waals surface area contributed by atoms with Crippen LogP contribution in [0.2, 0.25) is 0 Å². The quantitative estimate of drug-likeness (QED) is 0.433. The van der Waals surface area contributed by atoms with Gasteiger partial charge in [-0.15, -0.1) is 0 Å². The second-order valence-corrected chi connectivity index (χ2v) is 5.65. The summed E-state index contributed by atoms with van der Waals surface area (Å²) < 4.78 is 30.5. The molecule has 0 bridgehead atoms. The van der Waals surface area contributed by atoms with Crippen LogP contribution in [0.3, 0.4) is 0 Å². The summed E-state index contributed by atoms with van der Waals surface area (Å²) in [5.74, 6) is -3.82. The van der Waals surface area contributed by atoms with E-state index in [0.29, 0.717) is 0 Å². The van der Waals surface area contributed by atoms with E-state index in [0.717, 1.165) is 34.8 Å². The average Bonchev–Trinajstić information content (AvgIpc) is 2.52. The molecule has 1 unspecified atom stereocenters. The van der Waals surface area contributed by atoms with Crippen molar-refractivity contribution in [3.05, 3.63) is 0 Å². The molecule has 1 rings (SSSR count). The van der Waals surface area contributed by atoms with Crippen LogP contribution in [0.1, 0.15) is 34.1 Å². The fourth-order valence-corrected chi connectivity index (χ4v) is 2.53. The van der Waals surface area contributed by atoms with Gasteiger partial charge in [0.2, 0.25) is 12.4 Å². The van der Waals surface area contributed by atoms with Crippen molar-refractivity contribution in [3.8, 4) is 0 Å². The molecule has 0 saturated carbocycles. The Balaban J connectivity index is 3.33. The van der Waals surface area contributed by atoms with Gasteiger partial charge in [0.1, 0.15) is 6.10 Å². The Bertz CT molecular complexity index is 599. The Morgan fingerprint density at radius 3 is 1.59 bits per heavy atom. The van der Waals surface area contributed by atoms with Crippen molar-refractivity contribution in [2.24, 2.45) is 0 Å². The van der Waals surface area contributed by atoms with Crippen LogP contribution >= 0.6 is 0 Å². The van der Waals surface area contributed by atoms with Crippen molar-refractivity contribution in [3.63, 3.8) is 0 Å². The topological polar surface area (TPSA) is 141 Å². The van der Waals surface area contributed by atoms with Crippen molar-refractivity contribution >= 4 is 29.8 Å². The Morgan fingerprint density at radius 2 is 1.15 bits per heavy atom. The molecule has 0 amide bonds. The zero-order valence-electron chi connectivity index (χ0n) is 15.6. The Kier molecular flexibility index (Phi) is 8.16. The predicted molar refractivity (Wildman–Crippen MR) is 83.7 cm³/mol. The number of carbonyl (C=O) groups is 5. The van der Waals surface area contributed by atoms with E-state index in [9.17, 15) is 24.0 Å². The first-order valence-electron chi connectivity index (χ1n) is 7.96. The SMILES string of the molecule is COC(=O)C[C@H]1OC(OC(C)=O)[C@H](OC(C)=O)[C@@H](OC(C)=O)[C@@H]1OC(C)=O. The molecule has 11 heteroatoms. The molecule has 11 nitrogen and oxygen atoms in total. The Hall–Kier alpha value is -2.69. The van der Waals surface area contributed by atoms with Crippen LogP contribution in [0.25, 0.3) is 0 Å². The van der Waals surface area contributed by atoms with Gasteiger partial charge in [-0.05, 0) is 0 Å². The van der Waals surface area contributed by atoms with Gasteiger partial charge in [0.15, 0.2) is 12.2 Å².